The number of hydroxylamine groups is 1. The summed E-state index contributed by atoms with van der Waals surface area (Å²) in [4.78, 5) is 0. The Morgan fingerprint density at radius 2 is 1.47 bits per heavy atom. The molecule has 0 bridgehead atoms. The van der Waals surface area contributed by atoms with E-state index in [0.717, 1.165) is 5.48 Å². The van der Waals surface area contributed by atoms with Crippen LogP contribution in [-0.4, -0.2) is 5.21 Å². The van der Waals surface area contributed by atoms with Crippen molar-refractivity contribution in [1.82, 2.24) is 0 Å². The van der Waals surface area contributed by atoms with Crippen LogP contribution in [0.3, 0.4) is 0 Å². The third-order valence-electron chi connectivity index (χ3n) is 2.05. The Kier molecular flexibility index (Phi) is 22.7. The van der Waals surface area contributed by atoms with E-state index in [1.165, 1.54) is 22.9 Å². The maximum absolute atomic E-state index is 7.63. The highest BCUT2D eigenvalue weighted by Gasteiger charge is 1.91. The average Bonchev–Trinajstić information content (AvgIpc) is 2.51. The summed E-state index contributed by atoms with van der Waals surface area (Å²) < 4.78 is 0. The number of hydrogen-bond donors (Lipinski definition) is 2. The number of benzene rings is 1. The Hall–Kier alpha value is -1.38. The molecule has 0 saturated carbocycles. The lowest BCUT2D eigenvalue weighted by atomic mass is 10.1. The largest absolute Gasteiger partial charge is 0.216 e. The number of hydrogen-bond acceptors (Lipinski definition) is 1. The zero-order valence-electron chi connectivity index (χ0n) is 13.7. The van der Waals surface area contributed by atoms with Crippen molar-refractivity contribution in [3.05, 3.63) is 54.2 Å². The molecule has 110 valence electrons. The quantitative estimate of drug-likeness (QED) is 0.757. The van der Waals surface area contributed by atoms with E-state index in [9.17, 15) is 0 Å². The molecule has 1 aromatic carbocycles. The van der Waals surface area contributed by atoms with Crippen LogP contribution in [0.15, 0.2) is 43.1 Å². The number of nitrogens with two attached hydrogens (primary N) is 1. The summed E-state index contributed by atoms with van der Waals surface area (Å²) >= 11 is 0. The van der Waals surface area contributed by atoms with Gasteiger partial charge in [0.1, 0.15) is 6.20 Å². The fourth-order valence-electron chi connectivity index (χ4n) is 0.983. The van der Waals surface area contributed by atoms with Crippen molar-refractivity contribution in [2.45, 2.75) is 48.5 Å². The van der Waals surface area contributed by atoms with Crippen LogP contribution in [0, 0.1) is 6.92 Å². The van der Waals surface area contributed by atoms with Gasteiger partial charge >= 0.3 is 0 Å². The Morgan fingerprint density at radius 3 is 1.74 bits per heavy atom. The molecule has 0 amide bonds. The van der Waals surface area contributed by atoms with Crippen LogP contribution in [0.4, 0.5) is 0 Å². The molecule has 19 heavy (non-hydrogen) atoms. The van der Waals surface area contributed by atoms with Gasteiger partial charge in [-0.05, 0) is 38.5 Å². The van der Waals surface area contributed by atoms with Crippen LogP contribution < -0.4 is 5.48 Å². The third-order valence-corrected chi connectivity index (χ3v) is 2.05. The molecule has 0 aromatic heterocycles. The van der Waals surface area contributed by atoms with E-state index in [2.05, 4.69) is 57.7 Å². The molecule has 0 saturated heterocycles. The Labute approximate surface area is 119 Å². The molecular weight excluding hydrogens is 234 g/mol. The van der Waals surface area contributed by atoms with Crippen molar-refractivity contribution < 1.29 is 10.7 Å². The van der Waals surface area contributed by atoms with E-state index >= 15 is 0 Å². The summed E-state index contributed by atoms with van der Waals surface area (Å²) in [5.74, 6) is 0. The smallest absolute Gasteiger partial charge is 0.118 e. The zero-order chi connectivity index (χ0) is 15.7. The van der Waals surface area contributed by atoms with Gasteiger partial charge < -0.3 is 0 Å². The first-order chi connectivity index (χ1) is 9.15. The molecular formula is C17H32NO+. The van der Waals surface area contributed by atoms with Crippen LogP contribution >= 0.6 is 0 Å². The second kappa shape index (κ2) is 19.0. The molecule has 0 aliphatic carbocycles. The van der Waals surface area contributed by atoms with Crippen LogP contribution in [0.25, 0.3) is 5.57 Å². The van der Waals surface area contributed by atoms with E-state index in [4.69, 9.17) is 5.21 Å². The first kappa shape index (κ1) is 22.8. The fraction of sp³-hybridized carbons (Fsp3) is 0.412. The van der Waals surface area contributed by atoms with E-state index in [1.54, 1.807) is 0 Å². The first-order valence-electron chi connectivity index (χ1n) is 6.94. The molecule has 0 atom stereocenters. The lowest BCUT2D eigenvalue weighted by molar-refractivity contribution is -0.838. The van der Waals surface area contributed by atoms with Crippen molar-refractivity contribution >= 4 is 5.57 Å². The summed E-state index contributed by atoms with van der Waals surface area (Å²) in [7, 11) is 0. The van der Waals surface area contributed by atoms with Crippen molar-refractivity contribution in [3.63, 3.8) is 0 Å². The minimum absolute atomic E-state index is 0.889. The van der Waals surface area contributed by atoms with Gasteiger partial charge in [0.05, 0.1) is 0 Å². The predicted molar refractivity (Wildman–Crippen MR) is 87.1 cm³/mol. The third kappa shape index (κ3) is 14.6. The predicted octanol–water partition coefficient (Wildman–Crippen LogP) is 4.55. The molecule has 0 fully saturated rings. The topological polar surface area (TPSA) is 36.8 Å². The summed E-state index contributed by atoms with van der Waals surface area (Å²) in [5.41, 5.74) is 4.86. The maximum Gasteiger partial charge on any atom is 0.118 e. The molecule has 0 aliphatic heterocycles. The fourth-order valence-corrected chi connectivity index (χ4v) is 0.983. The van der Waals surface area contributed by atoms with Crippen LogP contribution in [0.5, 0.6) is 0 Å². The summed E-state index contributed by atoms with van der Waals surface area (Å²) in [5, 5.41) is 7.63. The van der Waals surface area contributed by atoms with Crippen molar-refractivity contribution in [3.8, 4) is 0 Å². The minimum atomic E-state index is 0.889. The van der Waals surface area contributed by atoms with Crippen molar-refractivity contribution in [2.24, 2.45) is 0 Å². The average molecular weight is 266 g/mol. The highest BCUT2D eigenvalue weighted by atomic mass is 16.5. The van der Waals surface area contributed by atoms with Crippen LogP contribution in [0.2, 0.25) is 0 Å². The molecule has 2 heteroatoms. The second-order valence-electron chi connectivity index (χ2n) is 3.22. The number of rotatable bonds is 2. The van der Waals surface area contributed by atoms with Gasteiger partial charge in [0.2, 0.25) is 0 Å². The molecule has 1 rings (SSSR count). The molecule has 0 aliphatic rings. The summed E-state index contributed by atoms with van der Waals surface area (Å²) in [6, 6.07) is 8.60. The second-order valence-corrected chi connectivity index (χ2v) is 3.22. The summed E-state index contributed by atoms with van der Waals surface area (Å²) in [6.45, 7) is 17.5. The lowest BCUT2D eigenvalue weighted by Gasteiger charge is -1.99. The Balaban J connectivity index is -0.000000271. The minimum Gasteiger partial charge on any atom is -0.216 e. The van der Waals surface area contributed by atoms with Crippen LogP contribution in [0.1, 0.15) is 52.7 Å². The van der Waals surface area contributed by atoms with E-state index in [-0.39, 0.29) is 0 Å². The van der Waals surface area contributed by atoms with Gasteiger partial charge in [0.15, 0.2) is 0 Å². The standard InChI is InChI=1S/C11H14.C2H5NO.2C2H6/c1-4-10(3)11-7-5-9(2)6-8-11;1-2-3-4;2*1-2/h4-8H,1-3H3;2-4H,1H2;2*1-2H3/p+1/b10-4+;;;. The van der Waals surface area contributed by atoms with Gasteiger partial charge in [0.25, 0.3) is 0 Å². The Morgan fingerprint density at radius 1 is 1.11 bits per heavy atom. The van der Waals surface area contributed by atoms with Gasteiger partial charge in [-0.15, -0.1) is 0 Å². The number of allylic oxidation sites excluding steroid dienone is 2. The van der Waals surface area contributed by atoms with Crippen molar-refractivity contribution in [2.75, 3.05) is 0 Å². The molecule has 0 heterocycles. The van der Waals surface area contributed by atoms with Crippen molar-refractivity contribution in [1.29, 1.82) is 0 Å². The molecule has 3 N–H and O–H groups in total. The van der Waals surface area contributed by atoms with E-state index < -0.39 is 0 Å². The lowest BCUT2D eigenvalue weighted by Crippen LogP contribution is -2.73. The van der Waals surface area contributed by atoms with Gasteiger partial charge in [-0.2, -0.15) is 5.48 Å². The first-order valence-corrected chi connectivity index (χ1v) is 6.94. The molecule has 0 spiro atoms. The van der Waals surface area contributed by atoms with Gasteiger partial charge in [0, 0.05) is 0 Å². The van der Waals surface area contributed by atoms with Gasteiger partial charge in [-0.1, -0.05) is 63.6 Å². The zero-order valence-corrected chi connectivity index (χ0v) is 13.7. The highest BCUT2D eigenvalue weighted by molar-refractivity contribution is 5.63. The maximum atomic E-state index is 7.63. The SMILES string of the molecule is C/C=C(\C)c1ccc(C)cc1.C=C[NH2+]O.CC.CC. The normalized spacial score (nSPS) is 8.74. The highest BCUT2D eigenvalue weighted by Crippen LogP contribution is 2.13. The number of quaternary nitrogens is 1. The van der Waals surface area contributed by atoms with E-state index in [0.29, 0.717) is 0 Å². The molecule has 1 aromatic rings. The molecule has 0 radical (unpaired) electrons. The number of aryl methyl sites for hydroxylation is 1. The Bertz CT molecular complexity index is 313. The van der Waals surface area contributed by atoms with Crippen LogP contribution in [-0.2, 0) is 0 Å². The monoisotopic (exact) mass is 266 g/mol. The van der Waals surface area contributed by atoms with Gasteiger partial charge in [-0.3, -0.25) is 0 Å². The van der Waals surface area contributed by atoms with Gasteiger partial charge in [-0.25, -0.2) is 5.21 Å². The molecule has 2 nitrogen and oxygen atoms in total. The van der Waals surface area contributed by atoms with E-state index in [1.807, 2.05) is 27.7 Å². The summed E-state index contributed by atoms with van der Waals surface area (Å²) in [6.07, 6.45) is 3.44. The molecule has 0 unspecified atom stereocenters.